The third kappa shape index (κ3) is 4.22. The zero-order valence-electron chi connectivity index (χ0n) is 15.8. The van der Waals surface area contributed by atoms with Crippen molar-refractivity contribution in [1.29, 1.82) is 0 Å². The second-order valence-electron chi connectivity index (χ2n) is 6.36. The molecule has 140 valence electrons. The Morgan fingerprint density at radius 1 is 1.15 bits per heavy atom. The minimum absolute atomic E-state index is 0.301. The number of ether oxygens (including phenoxy) is 1. The number of aromatic nitrogens is 4. The van der Waals surface area contributed by atoms with E-state index in [1.54, 1.807) is 13.4 Å². The largest absolute Gasteiger partial charge is 0.489 e. The van der Waals surface area contributed by atoms with Gasteiger partial charge in [-0.15, -0.1) is 0 Å². The van der Waals surface area contributed by atoms with Gasteiger partial charge in [0.05, 0.1) is 17.7 Å². The van der Waals surface area contributed by atoms with Gasteiger partial charge in [-0.3, -0.25) is 0 Å². The van der Waals surface area contributed by atoms with E-state index in [0.717, 1.165) is 22.6 Å². The van der Waals surface area contributed by atoms with Gasteiger partial charge in [0.15, 0.2) is 0 Å². The topological polar surface area (TPSA) is 77.5 Å². The average Bonchev–Trinajstić information content (AvgIpc) is 2.98. The summed E-state index contributed by atoms with van der Waals surface area (Å²) in [4.78, 5) is 18.4. The van der Waals surface area contributed by atoms with Crippen molar-refractivity contribution in [3.63, 3.8) is 0 Å². The van der Waals surface area contributed by atoms with E-state index in [-0.39, 0.29) is 5.69 Å². The fourth-order valence-electron chi connectivity index (χ4n) is 2.50. The van der Waals surface area contributed by atoms with E-state index in [0.29, 0.717) is 12.3 Å². The molecule has 0 unspecified atom stereocenters. The normalized spacial score (nSPS) is 11.1. The summed E-state index contributed by atoms with van der Waals surface area (Å²) in [7, 11) is 5.41. The van der Waals surface area contributed by atoms with E-state index in [2.05, 4.69) is 15.4 Å². The summed E-state index contributed by atoms with van der Waals surface area (Å²) in [5.41, 5.74) is 3.11. The monoisotopic (exact) mass is 366 g/mol. The van der Waals surface area contributed by atoms with Gasteiger partial charge >= 0.3 is 5.69 Å². The van der Waals surface area contributed by atoms with Crippen molar-refractivity contribution >= 4 is 12.0 Å². The van der Waals surface area contributed by atoms with Crippen LogP contribution in [0.4, 0.5) is 5.69 Å². The molecule has 8 heteroatoms. The Kier molecular flexibility index (Phi) is 5.35. The Morgan fingerprint density at radius 3 is 2.52 bits per heavy atom. The quantitative estimate of drug-likeness (QED) is 0.493. The fourth-order valence-corrected chi connectivity index (χ4v) is 2.50. The second kappa shape index (κ2) is 7.86. The molecule has 2 aromatic carbocycles. The molecular weight excluding hydrogens is 344 g/mol. The molecule has 3 aromatic rings. The first-order valence-corrected chi connectivity index (χ1v) is 8.47. The standard InChI is InChI=1S/C19H22N6O2/c1-14-6-5-7-18(25-19(26)24(4)21-22-25)17(14)12-27-16-10-8-15(9-11-16)20-13-23(2)3/h5-11,13H,12H2,1-4H3. The molecule has 3 rings (SSSR count). The van der Waals surface area contributed by atoms with Gasteiger partial charge in [0.25, 0.3) is 0 Å². The molecule has 1 heterocycles. The molecule has 0 saturated heterocycles. The molecule has 0 atom stereocenters. The first kappa shape index (κ1) is 18.4. The van der Waals surface area contributed by atoms with Crippen molar-refractivity contribution in [2.24, 2.45) is 12.0 Å². The highest BCUT2D eigenvalue weighted by Gasteiger charge is 2.13. The molecule has 8 nitrogen and oxygen atoms in total. The Morgan fingerprint density at radius 2 is 1.89 bits per heavy atom. The van der Waals surface area contributed by atoms with Crippen LogP contribution in [0.25, 0.3) is 5.69 Å². The molecule has 0 amide bonds. The molecule has 0 aliphatic carbocycles. The number of hydrogen-bond donors (Lipinski definition) is 0. The van der Waals surface area contributed by atoms with Crippen LogP contribution in [0.15, 0.2) is 52.3 Å². The number of rotatable bonds is 6. The molecular formula is C19H22N6O2. The summed E-state index contributed by atoms with van der Waals surface area (Å²) in [5.74, 6) is 0.722. The summed E-state index contributed by atoms with van der Waals surface area (Å²) in [6, 6.07) is 13.2. The predicted octanol–water partition coefficient (Wildman–Crippen LogP) is 2.07. The van der Waals surface area contributed by atoms with E-state index in [1.807, 2.05) is 68.4 Å². The van der Waals surface area contributed by atoms with Crippen molar-refractivity contribution in [2.75, 3.05) is 14.1 Å². The number of nitrogens with zero attached hydrogens (tertiary/aromatic N) is 6. The molecule has 0 fully saturated rings. The summed E-state index contributed by atoms with van der Waals surface area (Å²) >= 11 is 0. The lowest BCUT2D eigenvalue weighted by Gasteiger charge is -2.13. The van der Waals surface area contributed by atoms with Crippen LogP contribution in [0.1, 0.15) is 11.1 Å². The van der Waals surface area contributed by atoms with Crippen LogP contribution in [0.3, 0.4) is 0 Å². The minimum atomic E-state index is -0.301. The van der Waals surface area contributed by atoms with E-state index in [9.17, 15) is 4.79 Å². The zero-order chi connectivity index (χ0) is 19.4. The molecule has 1 aromatic heterocycles. The molecule has 27 heavy (non-hydrogen) atoms. The zero-order valence-corrected chi connectivity index (χ0v) is 15.8. The minimum Gasteiger partial charge on any atom is -0.489 e. The highest BCUT2D eigenvalue weighted by Crippen LogP contribution is 2.22. The molecule has 0 radical (unpaired) electrons. The van der Waals surface area contributed by atoms with Crippen molar-refractivity contribution in [3.05, 3.63) is 64.1 Å². The van der Waals surface area contributed by atoms with Gasteiger partial charge in [-0.2, -0.15) is 9.36 Å². The van der Waals surface area contributed by atoms with Gasteiger partial charge in [0, 0.05) is 26.7 Å². The fraction of sp³-hybridized carbons (Fsp3) is 0.263. The van der Waals surface area contributed by atoms with Gasteiger partial charge in [-0.25, -0.2) is 9.79 Å². The van der Waals surface area contributed by atoms with Gasteiger partial charge in [0.2, 0.25) is 0 Å². The van der Waals surface area contributed by atoms with E-state index in [4.69, 9.17) is 4.74 Å². The van der Waals surface area contributed by atoms with Crippen LogP contribution in [-0.2, 0) is 13.7 Å². The van der Waals surface area contributed by atoms with Crippen LogP contribution in [0, 0.1) is 6.92 Å². The maximum absolute atomic E-state index is 12.2. The maximum atomic E-state index is 12.2. The second-order valence-corrected chi connectivity index (χ2v) is 6.36. The lowest BCUT2D eigenvalue weighted by atomic mass is 10.1. The van der Waals surface area contributed by atoms with Gasteiger partial charge in [-0.1, -0.05) is 12.1 Å². The van der Waals surface area contributed by atoms with Crippen LogP contribution in [0.5, 0.6) is 5.75 Å². The smallest absolute Gasteiger partial charge is 0.368 e. The SMILES string of the molecule is Cc1cccc(-n2nnn(C)c2=O)c1COc1ccc(N=CN(C)C)cc1. The van der Waals surface area contributed by atoms with Gasteiger partial charge < -0.3 is 9.64 Å². The van der Waals surface area contributed by atoms with Crippen molar-refractivity contribution < 1.29 is 4.74 Å². The number of aryl methyl sites for hydroxylation is 2. The molecule has 0 bridgehead atoms. The van der Waals surface area contributed by atoms with Crippen molar-refractivity contribution in [2.45, 2.75) is 13.5 Å². The number of tetrazole rings is 1. The lowest BCUT2D eigenvalue weighted by Crippen LogP contribution is -2.23. The lowest BCUT2D eigenvalue weighted by molar-refractivity contribution is 0.305. The summed E-state index contributed by atoms with van der Waals surface area (Å²) in [6.07, 6.45) is 1.74. The van der Waals surface area contributed by atoms with Crippen LogP contribution in [-0.4, -0.2) is 45.1 Å². The first-order chi connectivity index (χ1) is 13.0. The highest BCUT2D eigenvalue weighted by atomic mass is 16.5. The molecule has 0 saturated carbocycles. The van der Waals surface area contributed by atoms with Crippen molar-refractivity contribution in [3.8, 4) is 11.4 Å². The molecule has 0 aliphatic heterocycles. The predicted molar refractivity (Wildman–Crippen MR) is 104 cm³/mol. The molecule has 0 aliphatic rings. The van der Waals surface area contributed by atoms with Crippen LogP contribution < -0.4 is 10.4 Å². The third-order valence-electron chi connectivity index (χ3n) is 3.99. The maximum Gasteiger partial charge on any atom is 0.368 e. The number of benzene rings is 2. The average molecular weight is 366 g/mol. The Balaban J connectivity index is 1.80. The van der Waals surface area contributed by atoms with E-state index >= 15 is 0 Å². The first-order valence-electron chi connectivity index (χ1n) is 8.47. The number of aliphatic imine (C=N–C) groups is 1. The Hall–Kier alpha value is -3.42. The Bertz CT molecular complexity index is 1000. The third-order valence-corrected chi connectivity index (χ3v) is 3.99. The van der Waals surface area contributed by atoms with Gasteiger partial charge in [0.1, 0.15) is 12.4 Å². The Labute approximate surface area is 157 Å². The summed E-state index contributed by atoms with van der Waals surface area (Å²) < 4.78 is 8.41. The number of hydrogen-bond acceptors (Lipinski definition) is 5. The molecule has 0 N–H and O–H groups in total. The van der Waals surface area contributed by atoms with Crippen molar-refractivity contribution in [1.82, 2.24) is 24.7 Å². The van der Waals surface area contributed by atoms with Crippen LogP contribution >= 0.6 is 0 Å². The van der Waals surface area contributed by atoms with Gasteiger partial charge in [-0.05, 0) is 53.2 Å². The van der Waals surface area contributed by atoms with E-state index in [1.165, 1.54) is 9.36 Å². The van der Waals surface area contributed by atoms with E-state index < -0.39 is 0 Å². The van der Waals surface area contributed by atoms with Crippen LogP contribution in [0.2, 0.25) is 0 Å². The highest BCUT2D eigenvalue weighted by molar-refractivity contribution is 5.60. The summed E-state index contributed by atoms with van der Waals surface area (Å²) in [5, 5.41) is 7.71. The summed E-state index contributed by atoms with van der Waals surface area (Å²) in [6.45, 7) is 2.29. The molecule has 0 spiro atoms.